The van der Waals surface area contributed by atoms with Crippen molar-refractivity contribution in [3.63, 3.8) is 0 Å². The van der Waals surface area contributed by atoms with E-state index in [2.05, 4.69) is 10.0 Å². The number of carbonyl (C=O) groups excluding carboxylic acids is 1. The van der Waals surface area contributed by atoms with E-state index in [-0.39, 0.29) is 16.8 Å². The predicted octanol–water partition coefficient (Wildman–Crippen LogP) is 1.96. The third-order valence-corrected chi connectivity index (χ3v) is 4.95. The minimum absolute atomic E-state index is 0.104. The van der Waals surface area contributed by atoms with E-state index >= 15 is 0 Å². The standard InChI is InChI=1S/C18H23N3O4S/c1-3-25-16-7-9-17(10-8-16)26(23,24)21-15-6-4-5-14(11-15)18(22)20-13(2)12-19/h4-11,13,21H,3,12,19H2,1-2H3,(H,20,22)/t13-/m0/s1. The molecular formula is C18H23N3O4S. The van der Waals surface area contributed by atoms with Gasteiger partial charge < -0.3 is 15.8 Å². The molecule has 0 fully saturated rings. The number of anilines is 1. The van der Waals surface area contributed by atoms with E-state index in [1.807, 2.05) is 6.92 Å². The summed E-state index contributed by atoms with van der Waals surface area (Å²) in [5.41, 5.74) is 6.13. The first kappa shape index (κ1) is 19.7. The number of rotatable bonds is 8. The van der Waals surface area contributed by atoms with Gasteiger partial charge in [0.25, 0.3) is 15.9 Å². The summed E-state index contributed by atoms with van der Waals surface area (Å²) in [6.07, 6.45) is 0. The van der Waals surface area contributed by atoms with E-state index in [0.717, 1.165) is 0 Å². The van der Waals surface area contributed by atoms with Crippen LogP contribution in [0.25, 0.3) is 0 Å². The van der Waals surface area contributed by atoms with Crippen LogP contribution in [0, 0.1) is 0 Å². The largest absolute Gasteiger partial charge is 0.494 e. The summed E-state index contributed by atoms with van der Waals surface area (Å²) in [5.74, 6) is 0.282. The summed E-state index contributed by atoms with van der Waals surface area (Å²) in [5, 5.41) is 2.73. The van der Waals surface area contributed by atoms with Crippen molar-refractivity contribution in [3.05, 3.63) is 54.1 Å². The molecule has 1 atom stereocenters. The second kappa shape index (κ2) is 8.68. The highest BCUT2D eigenvalue weighted by Gasteiger charge is 2.16. The predicted molar refractivity (Wildman–Crippen MR) is 101 cm³/mol. The number of benzene rings is 2. The van der Waals surface area contributed by atoms with Crippen molar-refractivity contribution in [2.45, 2.75) is 24.8 Å². The first-order valence-electron chi connectivity index (χ1n) is 8.22. The molecule has 0 radical (unpaired) electrons. The Morgan fingerprint density at radius 1 is 1.19 bits per heavy atom. The summed E-state index contributed by atoms with van der Waals surface area (Å²) >= 11 is 0. The fourth-order valence-corrected chi connectivity index (χ4v) is 3.24. The summed E-state index contributed by atoms with van der Waals surface area (Å²) in [6.45, 7) is 4.46. The molecule has 0 spiro atoms. The van der Waals surface area contributed by atoms with Crippen LogP contribution in [0.3, 0.4) is 0 Å². The van der Waals surface area contributed by atoms with Crippen LogP contribution in [0.15, 0.2) is 53.4 Å². The van der Waals surface area contributed by atoms with Crippen LogP contribution in [0.1, 0.15) is 24.2 Å². The molecule has 0 saturated heterocycles. The van der Waals surface area contributed by atoms with Crippen molar-refractivity contribution in [2.75, 3.05) is 17.9 Å². The summed E-state index contributed by atoms with van der Waals surface area (Å²) in [7, 11) is -3.77. The van der Waals surface area contributed by atoms with Gasteiger partial charge in [0, 0.05) is 23.8 Å². The smallest absolute Gasteiger partial charge is 0.261 e. The van der Waals surface area contributed by atoms with Crippen LogP contribution < -0.4 is 20.5 Å². The average Bonchev–Trinajstić information content (AvgIpc) is 2.62. The molecule has 26 heavy (non-hydrogen) atoms. The van der Waals surface area contributed by atoms with E-state index in [1.165, 1.54) is 18.2 Å². The monoisotopic (exact) mass is 377 g/mol. The Labute approximate surface area is 153 Å². The Kier molecular flexibility index (Phi) is 6.59. The van der Waals surface area contributed by atoms with E-state index in [9.17, 15) is 13.2 Å². The zero-order chi connectivity index (χ0) is 19.2. The SMILES string of the molecule is CCOc1ccc(S(=O)(=O)Nc2cccc(C(=O)N[C@@H](C)CN)c2)cc1. The lowest BCUT2D eigenvalue weighted by Crippen LogP contribution is -2.37. The minimum atomic E-state index is -3.77. The van der Waals surface area contributed by atoms with Crippen molar-refractivity contribution < 1.29 is 17.9 Å². The molecule has 2 aromatic rings. The molecule has 4 N–H and O–H groups in total. The lowest BCUT2D eigenvalue weighted by Gasteiger charge is -2.13. The Bertz CT molecular complexity index is 851. The van der Waals surface area contributed by atoms with Crippen molar-refractivity contribution in [1.82, 2.24) is 5.32 Å². The highest BCUT2D eigenvalue weighted by molar-refractivity contribution is 7.92. The average molecular weight is 377 g/mol. The number of carbonyl (C=O) groups is 1. The number of sulfonamides is 1. The van der Waals surface area contributed by atoms with Crippen molar-refractivity contribution in [1.29, 1.82) is 0 Å². The molecule has 2 aromatic carbocycles. The first-order chi connectivity index (χ1) is 12.4. The molecule has 8 heteroatoms. The van der Waals surface area contributed by atoms with Gasteiger partial charge in [-0.2, -0.15) is 0 Å². The normalized spacial score (nSPS) is 12.3. The number of nitrogens with two attached hydrogens (primary N) is 1. The fraction of sp³-hybridized carbons (Fsp3) is 0.278. The Morgan fingerprint density at radius 2 is 1.88 bits per heavy atom. The second-order valence-electron chi connectivity index (χ2n) is 5.70. The highest BCUT2D eigenvalue weighted by atomic mass is 32.2. The summed E-state index contributed by atoms with van der Waals surface area (Å²) in [6, 6.07) is 12.2. The van der Waals surface area contributed by atoms with Gasteiger partial charge >= 0.3 is 0 Å². The first-order valence-corrected chi connectivity index (χ1v) is 9.70. The van der Waals surface area contributed by atoms with Crippen LogP contribution in [0.5, 0.6) is 5.75 Å². The Hall–Kier alpha value is -2.58. The van der Waals surface area contributed by atoms with E-state index in [0.29, 0.717) is 30.2 Å². The number of hydrogen-bond acceptors (Lipinski definition) is 5. The third-order valence-electron chi connectivity index (χ3n) is 3.55. The van der Waals surface area contributed by atoms with Crippen LogP contribution in [0.4, 0.5) is 5.69 Å². The van der Waals surface area contributed by atoms with Gasteiger partial charge in [0.15, 0.2) is 0 Å². The molecule has 0 aliphatic rings. The van der Waals surface area contributed by atoms with Gasteiger partial charge in [-0.25, -0.2) is 8.42 Å². The van der Waals surface area contributed by atoms with Crippen LogP contribution >= 0.6 is 0 Å². The maximum Gasteiger partial charge on any atom is 0.261 e. The molecule has 2 rings (SSSR count). The highest BCUT2D eigenvalue weighted by Crippen LogP contribution is 2.20. The Morgan fingerprint density at radius 3 is 2.50 bits per heavy atom. The maximum atomic E-state index is 12.5. The second-order valence-corrected chi connectivity index (χ2v) is 7.38. The molecular weight excluding hydrogens is 354 g/mol. The molecule has 7 nitrogen and oxygen atoms in total. The summed E-state index contributed by atoms with van der Waals surface area (Å²) < 4.78 is 32.8. The molecule has 0 saturated carbocycles. The topological polar surface area (TPSA) is 111 Å². The molecule has 0 heterocycles. The van der Waals surface area contributed by atoms with Gasteiger partial charge in [0.2, 0.25) is 0 Å². The van der Waals surface area contributed by atoms with Gasteiger partial charge in [0.1, 0.15) is 5.75 Å². The molecule has 0 aliphatic heterocycles. The van der Waals surface area contributed by atoms with E-state index in [4.69, 9.17) is 10.5 Å². The minimum Gasteiger partial charge on any atom is -0.494 e. The van der Waals surface area contributed by atoms with E-state index < -0.39 is 10.0 Å². The number of amides is 1. The van der Waals surface area contributed by atoms with Gasteiger partial charge in [-0.05, 0) is 56.3 Å². The maximum absolute atomic E-state index is 12.5. The quantitative estimate of drug-likeness (QED) is 0.651. The molecule has 1 amide bonds. The molecule has 0 bridgehead atoms. The van der Waals surface area contributed by atoms with Gasteiger partial charge in [0.05, 0.1) is 11.5 Å². The van der Waals surface area contributed by atoms with Gasteiger partial charge in [-0.3, -0.25) is 9.52 Å². The van der Waals surface area contributed by atoms with Gasteiger partial charge in [-0.1, -0.05) is 6.07 Å². The van der Waals surface area contributed by atoms with Gasteiger partial charge in [-0.15, -0.1) is 0 Å². The Balaban J connectivity index is 2.16. The van der Waals surface area contributed by atoms with Crippen molar-refractivity contribution in [2.24, 2.45) is 5.73 Å². The number of hydrogen-bond donors (Lipinski definition) is 3. The number of nitrogens with one attached hydrogen (secondary N) is 2. The zero-order valence-corrected chi connectivity index (χ0v) is 15.5. The van der Waals surface area contributed by atoms with Crippen molar-refractivity contribution >= 4 is 21.6 Å². The molecule has 0 unspecified atom stereocenters. The van der Waals surface area contributed by atoms with Crippen molar-refractivity contribution in [3.8, 4) is 5.75 Å². The molecule has 0 aliphatic carbocycles. The zero-order valence-electron chi connectivity index (χ0n) is 14.7. The summed E-state index contributed by atoms with van der Waals surface area (Å²) in [4.78, 5) is 12.2. The lowest BCUT2D eigenvalue weighted by molar-refractivity contribution is 0.0941. The number of ether oxygens (including phenoxy) is 1. The van der Waals surface area contributed by atoms with E-state index in [1.54, 1.807) is 37.3 Å². The van der Waals surface area contributed by atoms with Crippen LogP contribution in [0.2, 0.25) is 0 Å². The molecule has 0 aromatic heterocycles. The lowest BCUT2D eigenvalue weighted by atomic mass is 10.2. The molecule has 140 valence electrons. The van der Waals surface area contributed by atoms with Crippen LogP contribution in [-0.4, -0.2) is 33.5 Å². The fourth-order valence-electron chi connectivity index (χ4n) is 2.19. The van der Waals surface area contributed by atoms with Crippen LogP contribution in [-0.2, 0) is 10.0 Å². The third kappa shape index (κ3) is 5.21.